The first kappa shape index (κ1) is 11.0. The predicted molar refractivity (Wildman–Crippen MR) is 79.2 cm³/mol. The average molecular weight is 261 g/mol. The molecule has 0 atom stereocenters. The summed E-state index contributed by atoms with van der Waals surface area (Å²) in [5.74, 6) is 0.565. The van der Waals surface area contributed by atoms with E-state index in [9.17, 15) is 0 Å². The number of pyridine rings is 1. The zero-order chi connectivity index (χ0) is 13.5. The number of benzene rings is 2. The van der Waals surface area contributed by atoms with E-state index in [0.717, 1.165) is 27.6 Å². The highest BCUT2D eigenvalue weighted by molar-refractivity contribution is 5.92. The molecule has 4 rings (SSSR count). The molecule has 20 heavy (non-hydrogen) atoms. The summed E-state index contributed by atoms with van der Waals surface area (Å²) in [6, 6.07) is 15.3. The quantitative estimate of drug-likeness (QED) is 0.531. The van der Waals surface area contributed by atoms with Gasteiger partial charge in [-0.25, -0.2) is 4.98 Å². The lowest BCUT2D eigenvalue weighted by atomic mass is 10.1. The maximum Gasteiger partial charge on any atom is 0.229 e. The summed E-state index contributed by atoms with van der Waals surface area (Å²) in [5.41, 5.74) is 9.70. The van der Waals surface area contributed by atoms with Crippen LogP contribution >= 0.6 is 0 Å². The molecule has 0 aliphatic carbocycles. The Balaban J connectivity index is 2.01. The summed E-state index contributed by atoms with van der Waals surface area (Å²) >= 11 is 0. The van der Waals surface area contributed by atoms with Gasteiger partial charge in [-0.1, -0.05) is 18.2 Å². The van der Waals surface area contributed by atoms with Gasteiger partial charge in [-0.05, 0) is 30.3 Å². The number of para-hydroxylation sites is 1. The molecule has 0 aliphatic rings. The van der Waals surface area contributed by atoms with Crippen LogP contribution in [0.2, 0.25) is 0 Å². The first-order valence-electron chi connectivity index (χ1n) is 6.31. The number of anilines is 1. The van der Waals surface area contributed by atoms with Crippen LogP contribution in [0.5, 0.6) is 0 Å². The van der Waals surface area contributed by atoms with Crippen molar-refractivity contribution < 1.29 is 4.42 Å². The van der Waals surface area contributed by atoms with Crippen molar-refractivity contribution in [2.75, 3.05) is 5.73 Å². The summed E-state index contributed by atoms with van der Waals surface area (Å²) < 4.78 is 5.81. The fourth-order valence-corrected chi connectivity index (χ4v) is 2.34. The summed E-state index contributed by atoms with van der Waals surface area (Å²) in [6.45, 7) is 0. The zero-order valence-electron chi connectivity index (χ0n) is 10.6. The Morgan fingerprint density at radius 1 is 1.00 bits per heavy atom. The molecule has 4 aromatic rings. The highest BCUT2D eigenvalue weighted by Crippen LogP contribution is 2.29. The van der Waals surface area contributed by atoms with E-state index in [2.05, 4.69) is 9.97 Å². The second-order valence-corrected chi connectivity index (χ2v) is 4.63. The lowest BCUT2D eigenvalue weighted by molar-refractivity contribution is 0.620. The number of hydrogen-bond acceptors (Lipinski definition) is 4. The molecule has 4 nitrogen and oxygen atoms in total. The number of nitrogens with zero attached hydrogens (tertiary/aromatic N) is 2. The molecule has 2 heterocycles. The fourth-order valence-electron chi connectivity index (χ4n) is 2.34. The van der Waals surface area contributed by atoms with Crippen LogP contribution in [0.15, 0.2) is 59.1 Å². The molecular formula is C16H11N3O. The first-order chi connectivity index (χ1) is 9.81. The molecule has 0 spiro atoms. The standard InChI is InChI=1S/C16H11N3O/c17-11-6-7-14-13(9-11)19-16(20-14)12-5-1-3-10-4-2-8-18-15(10)12/h1-9H,17H2. The average Bonchev–Trinajstić information content (AvgIpc) is 2.89. The van der Waals surface area contributed by atoms with Gasteiger partial charge in [0.1, 0.15) is 5.52 Å². The number of oxazole rings is 1. The van der Waals surface area contributed by atoms with Gasteiger partial charge < -0.3 is 10.2 Å². The fraction of sp³-hybridized carbons (Fsp3) is 0. The van der Waals surface area contributed by atoms with Crippen molar-refractivity contribution in [3.63, 3.8) is 0 Å². The van der Waals surface area contributed by atoms with E-state index in [0.29, 0.717) is 11.6 Å². The van der Waals surface area contributed by atoms with Crippen LogP contribution < -0.4 is 5.73 Å². The third-order valence-electron chi connectivity index (χ3n) is 3.27. The van der Waals surface area contributed by atoms with Gasteiger partial charge >= 0.3 is 0 Å². The largest absolute Gasteiger partial charge is 0.436 e. The van der Waals surface area contributed by atoms with Crippen LogP contribution in [0.25, 0.3) is 33.5 Å². The maximum absolute atomic E-state index is 5.81. The van der Waals surface area contributed by atoms with Gasteiger partial charge in [-0.3, -0.25) is 4.98 Å². The third-order valence-corrected chi connectivity index (χ3v) is 3.27. The van der Waals surface area contributed by atoms with E-state index in [1.165, 1.54) is 0 Å². The summed E-state index contributed by atoms with van der Waals surface area (Å²) in [4.78, 5) is 8.93. The summed E-state index contributed by atoms with van der Waals surface area (Å²) in [6.07, 6.45) is 1.77. The minimum atomic E-state index is 0.565. The zero-order valence-corrected chi connectivity index (χ0v) is 10.6. The van der Waals surface area contributed by atoms with E-state index < -0.39 is 0 Å². The van der Waals surface area contributed by atoms with E-state index in [1.54, 1.807) is 18.3 Å². The highest BCUT2D eigenvalue weighted by Gasteiger charge is 2.11. The molecule has 2 aromatic heterocycles. The van der Waals surface area contributed by atoms with Gasteiger partial charge in [0.25, 0.3) is 0 Å². The lowest BCUT2D eigenvalue weighted by Gasteiger charge is -2.00. The third kappa shape index (κ3) is 1.62. The maximum atomic E-state index is 5.81. The van der Waals surface area contributed by atoms with Crippen molar-refractivity contribution in [3.05, 3.63) is 54.7 Å². The number of aromatic nitrogens is 2. The number of rotatable bonds is 1. The number of nitrogen functional groups attached to an aromatic ring is 1. The highest BCUT2D eigenvalue weighted by atomic mass is 16.3. The van der Waals surface area contributed by atoms with Gasteiger partial charge in [-0.2, -0.15) is 0 Å². The van der Waals surface area contributed by atoms with Crippen molar-refractivity contribution in [2.45, 2.75) is 0 Å². The Morgan fingerprint density at radius 3 is 2.85 bits per heavy atom. The van der Waals surface area contributed by atoms with Crippen LogP contribution in [0.4, 0.5) is 5.69 Å². The summed E-state index contributed by atoms with van der Waals surface area (Å²) in [5, 5.41) is 1.06. The molecule has 96 valence electrons. The van der Waals surface area contributed by atoms with Crippen molar-refractivity contribution in [1.82, 2.24) is 9.97 Å². The minimum Gasteiger partial charge on any atom is -0.436 e. The van der Waals surface area contributed by atoms with Crippen LogP contribution in [0.3, 0.4) is 0 Å². The SMILES string of the molecule is Nc1ccc2oc(-c3cccc4cccnc34)nc2c1. The molecular weight excluding hydrogens is 250 g/mol. The summed E-state index contributed by atoms with van der Waals surface area (Å²) in [7, 11) is 0. The van der Waals surface area contributed by atoms with Gasteiger partial charge in [0.05, 0.1) is 11.1 Å². The normalized spacial score (nSPS) is 11.2. The molecule has 0 unspecified atom stereocenters. The Hall–Kier alpha value is -2.88. The Labute approximate surface area is 114 Å². The topological polar surface area (TPSA) is 64.9 Å². The number of fused-ring (bicyclic) bond motifs is 2. The van der Waals surface area contributed by atoms with Crippen molar-refractivity contribution >= 4 is 27.7 Å². The predicted octanol–water partition coefficient (Wildman–Crippen LogP) is 3.63. The van der Waals surface area contributed by atoms with E-state index >= 15 is 0 Å². The molecule has 0 amide bonds. The Bertz CT molecular complexity index is 922. The molecule has 0 saturated heterocycles. The number of nitrogens with two attached hydrogens (primary N) is 1. The molecule has 0 saturated carbocycles. The van der Waals surface area contributed by atoms with Crippen molar-refractivity contribution in [2.24, 2.45) is 0 Å². The van der Waals surface area contributed by atoms with Crippen LogP contribution in [0.1, 0.15) is 0 Å². The molecule has 2 aromatic carbocycles. The second kappa shape index (κ2) is 4.06. The lowest BCUT2D eigenvalue weighted by Crippen LogP contribution is -1.84. The first-order valence-corrected chi connectivity index (χ1v) is 6.31. The minimum absolute atomic E-state index is 0.565. The molecule has 0 fully saturated rings. The van der Waals surface area contributed by atoms with E-state index in [4.69, 9.17) is 10.2 Å². The molecule has 2 N–H and O–H groups in total. The van der Waals surface area contributed by atoms with Crippen LogP contribution in [0, 0.1) is 0 Å². The van der Waals surface area contributed by atoms with Gasteiger partial charge in [-0.15, -0.1) is 0 Å². The van der Waals surface area contributed by atoms with Crippen molar-refractivity contribution in [3.8, 4) is 11.5 Å². The second-order valence-electron chi connectivity index (χ2n) is 4.63. The molecule has 0 bridgehead atoms. The van der Waals surface area contributed by atoms with Crippen molar-refractivity contribution in [1.29, 1.82) is 0 Å². The van der Waals surface area contributed by atoms with Gasteiger partial charge in [0, 0.05) is 17.3 Å². The molecule has 0 radical (unpaired) electrons. The molecule has 4 heteroatoms. The Morgan fingerprint density at radius 2 is 1.90 bits per heavy atom. The van der Waals surface area contributed by atoms with Crippen LogP contribution in [-0.4, -0.2) is 9.97 Å². The smallest absolute Gasteiger partial charge is 0.229 e. The van der Waals surface area contributed by atoms with Crippen LogP contribution in [-0.2, 0) is 0 Å². The molecule has 0 aliphatic heterocycles. The van der Waals surface area contributed by atoms with E-state index in [1.807, 2.05) is 36.4 Å². The monoisotopic (exact) mass is 261 g/mol. The Kier molecular flexibility index (Phi) is 2.23. The van der Waals surface area contributed by atoms with Gasteiger partial charge in [0.2, 0.25) is 5.89 Å². The van der Waals surface area contributed by atoms with E-state index in [-0.39, 0.29) is 0 Å². The van der Waals surface area contributed by atoms with Gasteiger partial charge in [0.15, 0.2) is 5.58 Å². The number of hydrogen-bond donors (Lipinski definition) is 1.